The van der Waals surface area contributed by atoms with Crippen LogP contribution in [0.4, 0.5) is 10.2 Å². The summed E-state index contributed by atoms with van der Waals surface area (Å²) in [6.07, 6.45) is 2.31. The minimum absolute atomic E-state index is 0.114. The van der Waals surface area contributed by atoms with Crippen LogP contribution in [0.2, 0.25) is 0 Å². The smallest absolute Gasteiger partial charge is 0.144 e. The molecule has 20 heavy (non-hydrogen) atoms. The summed E-state index contributed by atoms with van der Waals surface area (Å²) in [6.45, 7) is 0.547. The molecule has 1 aliphatic rings. The van der Waals surface area contributed by atoms with E-state index >= 15 is 0 Å². The molecule has 0 aliphatic carbocycles. The molecule has 1 atom stereocenters. The molecule has 0 amide bonds. The Labute approximate surface area is 115 Å². The number of fused-ring (bicyclic) bond motifs is 1. The number of nitrogens with zero attached hydrogens (tertiary/aromatic N) is 2. The summed E-state index contributed by atoms with van der Waals surface area (Å²) < 4.78 is 18.9. The van der Waals surface area contributed by atoms with E-state index in [1.54, 1.807) is 24.4 Å². The van der Waals surface area contributed by atoms with Gasteiger partial charge in [0, 0.05) is 18.2 Å². The molecule has 0 spiro atoms. The number of ether oxygens (including phenoxy) is 1. The number of hydrogen-bond acceptors (Lipinski definition) is 4. The molecule has 5 heteroatoms. The zero-order valence-electron chi connectivity index (χ0n) is 10.6. The molecule has 100 valence electrons. The molecule has 1 N–H and O–H groups in total. The third-order valence-corrected chi connectivity index (χ3v) is 3.25. The molecule has 1 unspecified atom stereocenters. The van der Waals surface area contributed by atoms with Gasteiger partial charge >= 0.3 is 0 Å². The van der Waals surface area contributed by atoms with Crippen molar-refractivity contribution in [2.75, 3.05) is 11.9 Å². The minimum atomic E-state index is -0.303. The number of nitrogens with one attached hydrogen (secondary N) is 1. The molecule has 1 aliphatic heterocycles. The van der Waals surface area contributed by atoms with Gasteiger partial charge in [-0.3, -0.25) is 0 Å². The van der Waals surface area contributed by atoms with Crippen molar-refractivity contribution >= 4 is 5.82 Å². The van der Waals surface area contributed by atoms with E-state index in [4.69, 9.17) is 10.00 Å². The van der Waals surface area contributed by atoms with Gasteiger partial charge in [-0.2, -0.15) is 5.26 Å². The van der Waals surface area contributed by atoms with Gasteiger partial charge in [-0.1, -0.05) is 0 Å². The standard InChI is InChI=1S/C15H12FN3O/c16-11-3-4-14-12(8-11)13(5-7-20-14)19-15-10(9-17)2-1-6-18-15/h1-4,6,8,13H,5,7H2,(H,18,19). The number of nitriles is 1. The lowest BCUT2D eigenvalue weighted by molar-refractivity contribution is 0.273. The van der Waals surface area contributed by atoms with Crippen molar-refractivity contribution in [1.82, 2.24) is 4.98 Å². The van der Waals surface area contributed by atoms with Crippen molar-refractivity contribution < 1.29 is 9.13 Å². The zero-order valence-corrected chi connectivity index (χ0v) is 10.6. The Morgan fingerprint density at radius 1 is 1.40 bits per heavy atom. The number of rotatable bonds is 2. The highest BCUT2D eigenvalue weighted by molar-refractivity contribution is 5.54. The molecule has 0 fully saturated rings. The first-order valence-electron chi connectivity index (χ1n) is 6.32. The van der Waals surface area contributed by atoms with E-state index in [2.05, 4.69) is 16.4 Å². The number of pyridine rings is 1. The molecule has 2 heterocycles. The number of anilines is 1. The van der Waals surface area contributed by atoms with E-state index in [1.807, 2.05) is 0 Å². The van der Waals surface area contributed by atoms with E-state index in [9.17, 15) is 4.39 Å². The molecular weight excluding hydrogens is 257 g/mol. The van der Waals surface area contributed by atoms with Gasteiger partial charge in [0.2, 0.25) is 0 Å². The highest BCUT2D eigenvalue weighted by Crippen LogP contribution is 2.34. The Morgan fingerprint density at radius 2 is 2.30 bits per heavy atom. The van der Waals surface area contributed by atoms with Gasteiger partial charge in [0.1, 0.15) is 23.5 Å². The van der Waals surface area contributed by atoms with Crippen LogP contribution in [0.1, 0.15) is 23.6 Å². The second kappa shape index (κ2) is 5.17. The monoisotopic (exact) mass is 269 g/mol. The molecule has 0 saturated heterocycles. The van der Waals surface area contributed by atoms with Crippen LogP contribution in [0, 0.1) is 17.1 Å². The fourth-order valence-electron chi connectivity index (χ4n) is 2.29. The van der Waals surface area contributed by atoms with Crippen molar-refractivity contribution in [3.8, 4) is 11.8 Å². The zero-order chi connectivity index (χ0) is 13.9. The molecule has 3 rings (SSSR count). The third-order valence-electron chi connectivity index (χ3n) is 3.25. The van der Waals surface area contributed by atoms with Crippen molar-refractivity contribution in [3.05, 3.63) is 53.5 Å². The predicted octanol–water partition coefficient (Wildman–Crippen LogP) is 3.03. The topological polar surface area (TPSA) is 57.9 Å². The van der Waals surface area contributed by atoms with E-state index in [0.717, 1.165) is 5.56 Å². The highest BCUT2D eigenvalue weighted by atomic mass is 19.1. The average molecular weight is 269 g/mol. The van der Waals surface area contributed by atoms with Gasteiger partial charge < -0.3 is 10.1 Å². The summed E-state index contributed by atoms with van der Waals surface area (Å²) in [5, 5.41) is 12.3. The van der Waals surface area contributed by atoms with Crippen LogP contribution in [0.15, 0.2) is 36.5 Å². The first kappa shape index (κ1) is 12.4. The predicted molar refractivity (Wildman–Crippen MR) is 71.8 cm³/mol. The van der Waals surface area contributed by atoms with E-state index in [0.29, 0.717) is 30.2 Å². The van der Waals surface area contributed by atoms with Crippen molar-refractivity contribution in [2.45, 2.75) is 12.5 Å². The Kier molecular flexibility index (Phi) is 3.21. The van der Waals surface area contributed by atoms with Crippen molar-refractivity contribution in [1.29, 1.82) is 5.26 Å². The third kappa shape index (κ3) is 2.28. The summed E-state index contributed by atoms with van der Waals surface area (Å²) in [5.41, 5.74) is 1.22. The summed E-state index contributed by atoms with van der Waals surface area (Å²) in [6, 6.07) is 9.85. The summed E-state index contributed by atoms with van der Waals surface area (Å²) in [7, 11) is 0. The van der Waals surface area contributed by atoms with Crippen molar-refractivity contribution in [2.24, 2.45) is 0 Å². The van der Waals surface area contributed by atoms with Crippen LogP contribution in [0.5, 0.6) is 5.75 Å². The molecule has 1 aromatic carbocycles. The lowest BCUT2D eigenvalue weighted by Crippen LogP contribution is -2.21. The van der Waals surface area contributed by atoms with Crippen LogP contribution < -0.4 is 10.1 Å². The minimum Gasteiger partial charge on any atom is -0.493 e. The molecule has 4 nitrogen and oxygen atoms in total. The molecular formula is C15H12FN3O. The second-order valence-electron chi connectivity index (χ2n) is 4.53. The van der Waals surface area contributed by atoms with Crippen LogP contribution in [-0.2, 0) is 0 Å². The largest absolute Gasteiger partial charge is 0.493 e. The summed E-state index contributed by atoms with van der Waals surface area (Å²) >= 11 is 0. The molecule has 2 aromatic rings. The fraction of sp³-hybridized carbons (Fsp3) is 0.200. The van der Waals surface area contributed by atoms with Gasteiger partial charge in [0.15, 0.2) is 0 Å². The number of halogens is 1. The van der Waals surface area contributed by atoms with Crippen LogP contribution in [-0.4, -0.2) is 11.6 Å². The summed E-state index contributed by atoms with van der Waals surface area (Å²) in [4.78, 5) is 4.17. The van der Waals surface area contributed by atoms with Gasteiger partial charge in [-0.25, -0.2) is 9.37 Å². The Hall–Kier alpha value is -2.61. The van der Waals surface area contributed by atoms with Gasteiger partial charge in [-0.05, 0) is 30.3 Å². The Bertz CT molecular complexity index is 681. The number of benzene rings is 1. The van der Waals surface area contributed by atoms with Crippen LogP contribution in [0.25, 0.3) is 0 Å². The van der Waals surface area contributed by atoms with Crippen molar-refractivity contribution in [3.63, 3.8) is 0 Å². The first-order chi connectivity index (χ1) is 9.78. The Balaban J connectivity index is 1.94. The molecule has 1 aromatic heterocycles. The summed E-state index contributed by atoms with van der Waals surface area (Å²) in [5.74, 6) is 0.879. The van der Waals surface area contributed by atoms with E-state index < -0.39 is 0 Å². The molecule has 0 saturated carbocycles. The lowest BCUT2D eigenvalue weighted by atomic mass is 10.00. The maximum Gasteiger partial charge on any atom is 0.144 e. The number of aromatic nitrogens is 1. The van der Waals surface area contributed by atoms with Gasteiger partial charge in [0.05, 0.1) is 18.2 Å². The van der Waals surface area contributed by atoms with Crippen LogP contribution >= 0.6 is 0 Å². The SMILES string of the molecule is N#Cc1cccnc1NC1CCOc2ccc(F)cc21. The van der Waals surface area contributed by atoms with E-state index in [1.165, 1.54) is 12.1 Å². The van der Waals surface area contributed by atoms with Gasteiger partial charge in [-0.15, -0.1) is 0 Å². The average Bonchev–Trinajstić information content (AvgIpc) is 2.48. The highest BCUT2D eigenvalue weighted by Gasteiger charge is 2.23. The first-order valence-corrected chi connectivity index (χ1v) is 6.32. The second-order valence-corrected chi connectivity index (χ2v) is 4.53. The molecule has 0 radical (unpaired) electrons. The Morgan fingerprint density at radius 3 is 3.15 bits per heavy atom. The van der Waals surface area contributed by atoms with Crippen LogP contribution in [0.3, 0.4) is 0 Å². The lowest BCUT2D eigenvalue weighted by Gasteiger charge is -2.27. The fourth-order valence-corrected chi connectivity index (χ4v) is 2.29. The maximum atomic E-state index is 13.4. The normalized spacial score (nSPS) is 16.7. The van der Waals surface area contributed by atoms with E-state index in [-0.39, 0.29) is 11.9 Å². The maximum absolute atomic E-state index is 13.4. The quantitative estimate of drug-likeness (QED) is 0.910. The number of hydrogen-bond donors (Lipinski definition) is 1. The molecule has 0 bridgehead atoms. The van der Waals surface area contributed by atoms with Gasteiger partial charge in [0.25, 0.3) is 0 Å².